The lowest BCUT2D eigenvalue weighted by Gasteiger charge is -2.46. The number of nitrogens with one attached hydrogen (secondary N) is 3. The molecule has 1 atom stereocenters. The van der Waals surface area contributed by atoms with E-state index in [2.05, 4.69) is 16.0 Å². The second-order valence-corrected chi connectivity index (χ2v) is 10.6. The van der Waals surface area contributed by atoms with Gasteiger partial charge in [0.05, 0.1) is 0 Å². The average molecular weight is 476 g/mol. The molecule has 0 unspecified atom stereocenters. The molecule has 0 radical (unpaired) electrons. The van der Waals surface area contributed by atoms with Gasteiger partial charge in [-0.2, -0.15) is 0 Å². The lowest BCUT2D eigenvalue weighted by molar-refractivity contribution is -0.168. The third kappa shape index (κ3) is 6.60. The molecule has 0 saturated heterocycles. The highest BCUT2D eigenvalue weighted by atomic mass is 19.3. The fourth-order valence-corrected chi connectivity index (χ4v) is 4.39. The molecule has 0 aliphatic heterocycles. The van der Waals surface area contributed by atoms with Crippen molar-refractivity contribution in [3.05, 3.63) is 0 Å². The zero-order valence-corrected chi connectivity index (χ0v) is 19.2. The molecule has 3 aliphatic carbocycles. The van der Waals surface area contributed by atoms with Gasteiger partial charge in [-0.3, -0.25) is 14.4 Å². The fraction of sp³-hybridized carbons (Fsp3) is 0.818. The monoisotopic (exact) mass is 475 g/mol. The van der Waals surface area contributed by atoms with E-state index < -0.39 is 71.7 Å². The summed E-state index contributed by atoms with van der Waals surface area (Å²) >= 11 is 0. The van der Waals surface area contributed by atoms with Gasteiger partial charge in [0.15, 0.2) is 0 Å². The summed E-state index contributed by atoms with van der Waals surface area (Å²) in [7, 11) is 0. The number of ketones is 1. The zero-order chi connectivity index (χ0) is 24.7. The molecule has 186 valence electrons. The Balaban J connectivity index is 1.76. The minimum Gasteiger partial charge on any atom is -0.444 e. The van der Waals surface area contributed by atoms with Crippen LogP contribution in [0.15, 0.2) is 0 Å². The van der Waals surface area contributed by atoms with Crippen molar-refractivity contribution in [1.82, 2.24) is 16.0 Å². The van der Waals surface area contributed by atoms with Gasteiger partial charge < -0.3 is 20.7 Å². The maximum Gasteiger partial charge on any atom is 0.408 e. The molecule has 11 heteroatoms. The number of hydrogen-bond acceptors (Lipinski definition) is 5. The van der Waals surface area contributed by atoms with E-state index in [4.69, 9.17) is 4.74 Å². The number of carbonyl (C=O) groups excluding carboxylic acids is 4. The minimum atomic E-state index is -3.23. The third-order valence-corrected chi connectivity index (χ3v) is 6.11. The van der Waals surface area contributed by atoms with Crippen LogP contribution in [0.1, 0.15) is 78.6 Å². The van der Waals surface area contributed by atoms with Crippen LogP contribution in [0.4, 0.5) is 18.0 Å². The first-order valence-corrected chi connectivity index (χ1v) is 11.4. The van der Waals surface area contributed by atoms with E-state index in [0.29, 0.717) is 25.7 Å². The highest BCUT2D eigenvalue weighted by Crippen LogP contribution is 2.46. The smallest absolute Gasteiger partial charge is 0.408 e. The van der Waals surface area contributed by atoms with Gasteiger partial charge in [0.25, 0.3) is 11.8 Å². The summed E-state index contributed by atoms with van der Waals surface area (Å²) in [5, 5.41) is 7.01. The number of alkyl halides is 3. The molecular weight excluding hydrogens is 443 g/mol. The van der Waals surface area contributed by atoms with Crippen molar-refractivity contribution in [1.29, 1.82) is 0 Å². The topological polar surface area (TPSA) is 114 Å². The third-order valence-electron chi connectivity index (χ3n) is 6.11. The van der Waals surface area contributed by atoms with Crippen LogP contribution >= 0.6 is 0 Å². The van der Waals surface area contributed by atoms with Gasteiger partial charge in [-0.05, 0) is 46.5 Å². The van der Waals surface area contributed by atoms with Gasteiger partial charge in [-0.25, -0.2) is 18.0 Å². The van der Waals surface area contributed by atoms with E-state index in [0.717, 1.165) is 0 Å². The van der Waals surface area contributed by atoms with Crippen molar-refractivity contribution in [2.24, 2.45) is 0 Å². The number of halogens is 3. The summed E-state index contributed by atoms with van der Waals surface area (Å²) in [6, 6.07) is -1.64. The maximum absolute atomic E-state index is 15.2. The Morgan fingerprint density at radius 3 is 2.09 bits per heavy atom. The number of hydrogen-bond donors (Lipinski definition) is 3. The zero-order valence-electron chi connectivity index (χ0n) is 19.2. The van der Waals surface area contributed by atoms with E-state index in [1.807, 2.05) is 0 Å². The molecule has 3 aliphatic rings. The second kappa shape index (κ2) is 8.79. The number of amides is 3. The van der Waals surface area contributed by atoms with Crippen molar-refractivity contribution >= 4 is 23.7 Å². The predicted octanol–water partition coefficient (Wildman–Crippen LogP) is 2.68. The molecular formula is C22H32F3N3O5. The van der Waals surface area contributed by atoms with Gasteiger partial charge in [-0.15, -0.1) is 0 Å². The fourth-order valence-electron chi connectivity index (χ4n) is 4.39. The lowest BCUT2D eigenvalue weighted by Crippen LogP contribution is -2.71. The Hall–Kier alpha value is -2.33. The highest BCUT2D eigenvalue weighted by Gasteiger charge is 2.63. The Morgan fingerprint density at radius 1 is 1.03 bits per heavy atom. The molecule has 3 fully saturated rings. The molecule has 0 aromatic rings. The maximum atomic E-state index is 15.2. The molecule has 0 spiro atoms. The van der Waals surface area contributed by atoms with Crippen LogP contribution in [0.3, 0.4) is 0 Å². The Morgan fingerprint density at radius 2 is 1.61 bits per heavy atom. The van der Waals surface area contributed by atoms with Crippen LogP contribution in [0, 0.1) is 0 Å². The van der Waals surface area contributed by atoms with Crippen LogP contribution in [0.2, 0.25) is 0 Å². The molecule has 3 amide bonds. The number of rotatable bonds is 8. The standard InChI is InChI=1S/C22H32F3N3O5/c1-19(2,3)33-18(32)27-14(10-20(23)8-4-5-9-20)16(30)28-21(11-22(24,25)12-21)15(29)17(31)26-13-6-7-13/h13-14H,4-12H2,1-3H3,(H,26,31)(H,27,32)(H,28,30)/t14-/m0/s1. The van der Waals surface area contributed by atoms with E-state index in [1.54, 1.807) is 20.8 Å². The molecule has 3 saturated carbocycles. The van der Waals surface area contributed by atoms with E-state index >= 15 is 4.39 Å². The predicted molar refractivity (Wildman–Crippen MR) is 111 cm³/mol. The van der Waals surface area contributed by atoms with Gasteiger partial charge >= 0.3 is 6.09 Å². The molecule has 0 bridgehead atoms. The van der Waals surface area contributed by atoms with Crippen LogP contribution in [-0.4, -0.2) is 58.5 Å². The summed E-state index contributed by atoms with van der Waals surface area (Å²) in [6.07, 6.45) is -0.449. The minimum absolute atomic E-state index is 0.176. The molecule has 33 heavy (non-hydrogen) atoms. The molecule has 3 N–H and O–H groups in total. The first-order valence-electron chi connectivity index (χ1n) is 11.4. The second-order valence-electron chi connectivity index (χ2n) is 10.6. The Bertz CT molecular complexity index is 809. The van der Waals surface area contributed by atoms with Crippen LogP contribution in [0.5, 0.6) is 0 Å². The van der Waals surface area contributed by atoms with Gasteiger partial charge in [0.2, 0.25) is 11.7 Å². The summed E-state index contributed by atoms with van der Waals surface area (Å²) in [5.74, 6) is -6.44. The number of alkyl carbamates (subject to hydrolysis) is 1. The Kier molecular flexibility index (Phi) is 6.74. The van der Waals surface area contributed by atoms with Crippen molar-refractivity contribution in [2.75, 3.05) is 0 Å². The number of ether oxygens (including phenoxy) is 1. The van der Waals surface area contributed by atoms with Crippen molar-refractivity contribution in [3.63, 3.8) is 0 Å². The van der Waals surface area contributed by atoms with E-state index in [-0.39, 0.29) is 18.9 Å². The van der Waals surface area contributed by atoms with Crippen LogP contribution in [0.25, 0.3) is 0 Å². The summed E-state index contributed by atoms with van der Waals surface area (Å²) in [5.41, 5.74) is -4.71. The van der Waals surface area contributed by atoms with E-state index in [1.165, 1.54) is 0 Å². The van der Waals surface area contributed by atoms with Gasteiger partial charge in [0.1, 0.15) is 22.9 Å². The van der Waals surface area contributed by atoms with Gasteiger partial charge in [-0.1, -0.05) is 12.8 Å². The lowest BCUT2D eigenvalue weighted by atomic mass is 9.70. The number of carbonyl (C=O) groups is 4. The first-order chi connectivity index (χ1) is 15.1. The van der Waals surface area contributed by atoms with Crippen molar-refractivity contribution in [2.45, 2.75) is 113 Å². The molecule has 0 aromatic carbocycles. The molecule has 0 aromatic heterocycles. The summed E-state index contributed by atoms with van der Waals surface area (Å²) in [4.78, 5) is 50.3. The SMILES string of the molecule is CC(C)(C)OC(=O)N[C@@H](CC1(F)CCCC1)C(=O)NC1(C(=O)C(=O)NC2CC2)CC(F)(F)C1. The van der Waals surface area contributed by atoms with Crippen molar-refractivity contribution in [3.8, 4) is 0 Å². The number of Topliss-reactive ketones (excluding diaryl/α,β-unsaturated/α-hetero) is 1. The largest absolute Gasteiger partial charge is 0.444 e. The quantitative estimate of drug-likeness (QED) is 0.467. The molecule has 8 nitrogen and oxygen atoms in total. The Labute approximate surface area is 190 Å². The molecule has 3 rings (SSSR count). The van der Waals surface area contributed by atoms with Crippen molar-refractivity contribution < 1.29 is 37.1 Å². The average Bonchev–Trinajstić information content (AvgIpc) is 3.35. The first kappa shape index (κ1) is 25.3. The normalized spacial score (nSPS) is 23.6. The summed E-state index contributed by atoms with van der Waals surface area (Å²) in [6.45, 7) is 4.83. The van der Waals surface area contributed by atoms with Gasteiger partial charge in [0, 0.05) is 25.3 Å². The summed E-state index contributed by atoms with van der Waals surface area (Å²) < 4.78 is 47.9. The highest BCUT2D eigenvalue weighted by molar-refractivity contribution is 6.40. The van der Waals surface area contributed by atoms with Crippen LogP contribution in [-0.2, 0) is 19.1 Å². The molecule has 0 heterocycles. The van der Waals surface area contributed by atoms with E-state index in [9.17, 15) is 28.0 Å². The van der Waals surface area contributed by atoms with Crippen LogP contribution < -0.4 is 16.0 Å².